The van der Waals surface area contributed by atoms with Crippen LogP contribution < -0.4 is 5.32 Å². The highest BCUT2D eigenvalue weighted by Gasteiger charge is 2.10. The van der Waals surface area contributed by atoms with Crippen molar-refractivity contribution in [3.05, 3.63) is 82.0 Å². The summed E-state index contributed by atoms with van der Waals surface area (Å²) >= 11 is 12.0. The van der Waals surface area contributed by atoms with Gasteiger partial charge in [-0.3, -0.25) is 9.78 Å². The fourth-order valence-corrected chi connectivity index (χ4v) is 3.50. The first kappa shape index (κ1) is 20.4. The van der Waals surface area contributed by atoms with Crippen molar-refractivity contribution >= 4 is 34.8 Å². The largest absolute Gasteiger partial charge is 0.321 e. The molecule has 0 fully saturated rings. The van der Waals surface area contributed by atoms with Gasteiger partial charge in [0, 0.05) is 22.3 Å². The van der Waals surface area contributed by atoms with Gasteiger partial charge in [-0.2, -0.15) is 0 Å². The number of hydrogen-bond acceptors (Lipinski definition) is 2. The predicted molar refractivity (Wildman–Crippen MR) is 117 cm³/mol. The molecule has 3 nitrogen and oxygen atoms in total. The first-order chi connectivity index (χ1) is 13.5. The minimum atomic E-state index is -0.229. The standard InChI is InChI=1S/C23H22Cl2N2O/c1-3-4-15(2)18-9-11-21(26-14-18)16-5-7-17(8-6-16)23(28)27-22-12-10-19(24)13-20(22)25/h5-15H,3-4H2,1-2H3,(H,27,28). The minimum absolute atomic E-state index is 0.229. The molecule has 0 saturated heterocycles. The Morgan fingerprint density at radius 3 is 2.43 bits per heavy atom. The molecule has 5 heteroatoms. The van der Waals surface area contributed by atoms with Gasteiger partial charge in [0.1, 0.15) is 0 Å². The van der Waals surface area contributed by atoms with Crippen LogP contribution in [0.2, 0.25) is 10.0 Å². The fraction of sp³-hybridized carbons (Fsp3) is 0.217. The van der Waals surface area contributed by atoms with Crippen LogP contribution in [0.4, 0.5) is 5.69 Å². The lowest BCUT2D eigenvalue weighted by Crippen LogP contribution is -2.12. The van der Waals surface area contributed by atoms with Crippen LogP contribution in [0, 0.1) is 0 Å². The summed E-state index contributed by atoms with van der Waals surface area (Å²) in [4.78, 5) is 17.0. The summed E-state index contributed by atoms with van der Waals surface area (Å²) in [5.41, 5.74) is 4.18. The van der Waals surface area contributed by atoms with E-state index in [1.165, 1.54) is 5.56 Å². The van der Waals surface area contributed by atoms with Crippen molar-refractivity contribution in [2.24, 2.45) is 0 Å². The lowest BCUT2D eigenvalue weighted by Gasteiger charge is -2.11. The molecule has 1 aromatic heterocycles. The van der Waals surface area contributed by atoms with E-state index in [4.69, 9.17) is 23.2 Å². The summed E-state index contributed by atoms with van der Waals surface area (Å²) < 4.78 is 0. The molecule has 2 aromatic carbocycles. The number of benzene rings is 2. The third kappa shape index (κ3) is 4.92. The van der Waals surface area contributed by atoms with E-state index in [9.17, 15) is 4.79 Å². The number of hydrogen-bond donors (Lipinski definition) is 1. The second-order valence-electron chi connectivity index (χ2n) is 6.82. The smallest absolute Gasteiger partial charge is 0.255 e. The molecule has 0 radical (unpaired) electrons. The van der Waals surface area contributed by atoms with Gasteiger partial charge in [0.05, 0.1) is 16.4 Å². The maximum absolute atomic E-state index is 12.5. The molecule has 0 aliphatic rings. The Morgan fingerprint density at radius 1 is 1.07 bits per heavy atom. The molecule has 1 N–H and O–H groups in total. The number of aromatic nitrogens is 1. The summed E-state index contributed by atoms with van der Waals surface area (Å²) in [6, 6.07) is 16.5. The van der Waals surface area contributed by atoms with Gasteiger partial charge in [-0.05, 0) is 54.3 Å². The monoisotopic (exact) mass is 412 g/mol. The highest BCUT2D eigenvalue weighted by Crippen LogP contribution is 2.26. The summed E-state index contributed by atoms with van der Waals surface area (Å²) in [6.45, 7) is 4.41. The van der Waals surface area contributed by atoms with Crippen LogP contribution >= 0.6 is 23.2 Å². The molecule has 0 aliphatic heterocycles. The topological polar surface area (TPSA) is 42.0 Å². The number of anilines is 1. The maximum atomic E-state index is 12.5. The number of carbonyl (C=O) groups excluding carboxylic acids is 1. The SMILES string of the molecule is CCCC(C)c1ccc(-c2ccc(C(=O)Nc3ccc(Cl)cc3Cl)cc2)nc1. The van der Waals surface area contributed by atoms with Gasteiger partial charge >= 0.3 is 0 Å². The minimum Gasteiger partial charge on any atom is -0.321 e. The van der Waals surface area contributed by atoms with Crippen molar-refractivity contribution in [3.63, 3.8) is 0 Å². The second kappa shape index (κ2) is 9.22. The molecule has 3 aromatic rings. The number of amides is 1. The van der Waals surface area contributed by atoms with E-state index in [2.05, 4.69) is 30.2 Å². The van der Waals surface area contributed by atoms with E-state index in [0.717, 1.165) is 24.1 Å². The molecule has 28 heavy (non-hydrogen) atoms. The summed E-state index contributed by atoms with van der Waals surface area (Å²) in [7, 11) is 0. The molecule has 0 bridgehead atoms. The van der Waals surface area contributed by atoms with E-state index in [0.29, 0.717) is 27.2 Å². The van der Waals surface area contributed by atoms with Crippen molar-refractivity contribution in [1.82, 2.24) is 4.98 Å². The molecule has 144 valence electrons. The highest BCUT2D eigenvalue weighted by atomic mass is 35.5. The van der Waals surface area contributed by atoms with Crippen LogP contribution in [0.15, 0.2) is 60.8 Å². The third-order valence-corrected chi connectivity index (χ3v) is 5.25. The van der Waals surface area contributed by atoms with E-state index < -0.39 is 0 Å². The Morgan fingerprint density at radius 2 is 1.82 bits per heavy atom. The molecule has 0 spiro atoms. The number of rotatable bonds is 6. The molecule has 1 unspecified atom stereocenters. The molecular weight excluding hydrogens is 391 g/mol. The van der Waals surface area contributed by atoms with Gasteiger partial charge in [-0.1, -0.05) is 61.7 Å². The van der Waals surface area contributed by atoms with Crippen molar-refractivity contribution in [1.29, 1.82) is 0 Å². The predicted octanol–water partition coefficient (Wildman–Crippen LogP) is 7.21. The average Bonchev–Trinajstić information content (AvgIpc) is 2.70. The fourth-order valence-electron chi connectivity index (χ4n) is 3.04. The Bertz CT molecular complexity index is 953. The molecular formula is C23H22Cl2N2O. The second-order valence-corrected chi connectivity index (χ2v) is 7.67. The normalized spacial score (nSPS) is 11.9. The van der Waals surface area contributed by atoms with Crippen LogP contribution in [-0.4, -0.2) is 10.9 Å². The highest BCUT2D eigenvalue weighted by molar-refractivity contribution is 6.36. The van der Waals surface area contributed by atoms with Gasteiger partial charge in [0.2, 0.25) is 0 Å². The Kier molecular flexibility index (Phi) is 6.71. The Labute approximate surface area is 175 Å². The van der Waals surface area contributed by atoms with Gasteiger partial charge in [0.25, 0.3) is 5.91 Å². The van der Waals surface area contributed by atoms with Crippen molar-refractivity contribution < 1.29 is 4.79 Å². The van der Waals surface area contributed by atoms with Crippen LogP contribution in [0.25, 0.3) is 11.3 Å². The van der Waals surface area contributed by atoms with Crippen LogP contribution in [0.1, 0.15) is 48.5 Å². The third-order valence-electron chi connectivity index (χ3n) is 4.70. The first-order valence-corrected chi connectivity index (χ1v) is 10.1. The van der Waals surface area contributed by atoms with E-state index in [1.807, 2.05) is 24.4 Å². The number of carbonyl (C=O) groups is 1. The van der Waals surface area contributed by atoms with E-state index >= 15 is 0 Å². The van der Waals surface area contributed by atoms with Crippen LogP contribution in [0.3, 0.4) is 0 Å². The van der Waals surface area contributed by atoms with Gasteiger partial charge in [-0.15, -0.1) is 0 Å². The zero-order chi connectivity index (χ0) is 20.1. The van der Waals surface area contributed by atoms with Gasteiger partial charge in [0.15, 0.2) is 0 Å². The van der Waals surface area contributed by atoms with Gasteiger partial charge in [-0.25, -0.2) is 0 Å². The number of pyridine rings is 1. The van der Waals surface area contributed by atoms with Crippen molar-refractivity contribution in [2.45, 2.75) is 32.6 Å². The lowest BCUT2D eigenvalue weighted by molar-refractivity contribution is 0.102. The van der Waals surface area contributed by atoms with E-state index in [1.54, 1.807) is 30.3 Å². The molecule has 0 saturated carbocycles. The molecule has 3 rings (SSSR count). The maximum Gasteiger partial charge on any atom is 0.255 e. The van der Waals surface area contributed by atoms with Crippen molar-refractivity contribution in [2.75, 3.05) is 5.32 Å². The molecule has 0 aliphatic carbocycles. The average molecular weight is 413 g/mol. The zero-order valence-corrected chi connectivity index (χ0v) is 17.4. The number of halogens is 2. The van der Waals surface area contributed by atoms with Gasteiger partial charge < -0.3 is 5.32 Å². The Hall–Kier alpha value is -2.36. The quantitative estimate of drug-likeness (QED) is 0.464. The summed E-state index contributed by atoms with van der Waals surface area (Å²) in [6.07, 6.45) is 4.26. The molecule has 1 atom stereocenters. The molecule has 1 heterocycles. The summed E-state index contributed by atoms with van der Waals surface area (Å²) in [5, 5.41) is 3.72. The number of nitrogens with one attached hydrogen (secondary N) is 1. The first-order valence-electron chi connectivity index (χ1n) is 9.30. The molecule has 1 amide bonds. The summed E-state index contributed by atoms with van der Waals surface area (Å²) in [5.74, 6) is 0.282. The van der Waals surface area contributed by atoms with Crippen molar-refractivity contribution in [3.8, 4) is 11.3 Å². The zero-order valence-electron chi connectivity index (χ0n) is 15.9. The number of nitrogens with zero attached hydrogens (tertiary/aromatic N) is 1. The van der Waals surface area contributed by atoms with E-state index in [-0.39, 0.29) is 5.91 Å². The lowest BCUT2D eigenvalue weighted by atomic mass is 9.97. The Balaban J connectivity index is 1.71. The van der Waals surface area contributed by atoms with Crippen LogP contribution in [-0.2, 0) is 0 Å². The van der Waals surface area contributed by atoms with Crippen LogP contribution in [0.5, 0.6) is 0 Å².